The minimum absolute atomic E-state index is 0.0113. The van der Waals surface area contributed by atoms with Crippen molar-refractivity contribution in [1.82, 2.24) is 5.32 Å². The van der Waals surface area contributed by atoms with Gasteiger partial charge in [-0.05, 0) is 18.6 Å². The third-order valence-corrected chi connectivity index (χ3v) is 3.15. The highest BCUT2D eigenvalue weighted by atomic mass is 32.2. The van der Waals surface area contributed by atoms with E-state index in [9.17, 15) is 9.59 Å². The molecule has 0 heterocycles. The van der Waals surface area contributed by atoms with Crippen LogP contribution in [0.3, 0.4) is 0 Å². The summed E-state index contributed by atoms with van der Waals surface area (Å²) in [5.74, 6) is 0.602. The van der Waals surface area contributed by atoms with E-state index in [0.29, 0.717) is 31.1 Å². The molecule has 0 aliphatic heterocycles. The van der Waals surface area contributed by atoms with Crippen molar-refractivity contribution in [2.24, 2.45) is 5.73 Å². The largest absolute Gasteiger partial charge is 0.468 e. The Labute approximate surface area is 112 Å². The molecule has 0 bridgehead atoms. The molecular weight excluding hydrogens is 256 g/mol. The molecule has 0 aliphatic rings. The van der Waals surface area contributed by atoms with E-state index in [1.807, 2.05) is 0 Å². The Bertz CT molecular complexity index is 251. The fraction of sp³-hybridized carbons (Fsp3) is 0.818. The Morgan fingerprint density at radius 1 is 1.39 bits per heavy atom. The zero-order valence-electron chi connectivity index (χ0n) is 10.9. The van der Waals surface area contributed by atoms with E-state index in [2.05, 4.69) is 10.1 Å². The predicted octanol–water partition coefficient (Wildman–Crippen LogP) is -0.237. The summed E-state index contributed by atoms with van der Waals surface area (Å²) in [6.07, 6.45) is 1.31. The molecule has 0 aromatic carbocycles. The summed E-state index contributed by atoms with van der Waals surface area (Å²) in [5, 5.41) is 2.78. The van der Waals surface area contributed by atoms with E-state index >= 15 is 0 Å². The van der Waals surface area contributed by atoms with Crippen LogP contribution in [0.2, 0.25) is 0 Å². The van der Waals surface area contributed by atoms with Crippen molar-refractivity contribution in [3.63, 3.8) is 0 Å². The predicted molar refractivity (Wildman–Crippen MR) is 71.4 cm³/mol. The van der Waals surface area contributed by atoms with Crippen LogP contribution in [0.25, 0.3) is 0 Å². The molecule has 0 radical (unpaired) electrons. The molecule has 0 saturated heterocycles. The van der Waals surface area contributed by atoms with Crippen LogP contribution in [0.15, 0.2) is 0 Å². The lowest BCUT2D eigenvalue weighted by Crippen LogP contribution is -2.32. The quantitative estimate of drug-likeness (QED) is 0.423. The summed E-state index contributed by atoms with van der Waals surface area (Å²) in [5.41, 5.74) is 5.56. The van der Waals surface area contributed by atoms with Gasteiger partial charge in [0.05, 0.1) is 12.9 Å². The molecule has 0 aliphatic carbocycles. The Hall–Kier alpha value is -0.790. The number of methoxy groups -OCH3 is 2. The minimum atomic E-state index is -0.604. The zero-order chi connectivity index (χ0) is 13.8. The average molecular weight is 278 g/mol. The van der Waals surface area contributed by atoms with Gasteiger partial charge in [0.25, 0.3) is 0 Å². The van der Waals surface area contributed by atoms with Crippen LogP contribution in [0, 0.1) is 0 Å². The SMILES string of the molecule is COCCCNC(=O)CSCCC(N)C(=O)OC. The van der Waals surface area contributed by atoms with Gasteiger partial charge in [0.2, 0.25) is 5.91 Å². The maximum Gasteiger partial charge on any atom is 0.322 e. The fourth-order valence-electron chi connectivity index (χ4n) is 1.14. The van der Waals surface area contributed by atoms with Gasteiger partial charge in [-0.15, -0.1) is 0 Å². The maximum absolute atomic E-state index is 11.3. The highest BCUT2D eigenvalue weighted by Crippen LogP contribution is 2.04. The third-order valence-electron chi connectivity index (χ3n) is 2.16. The van der Waals surface area contributed by atoms with E-state index in [-0.39, 0.29) is 5.91 Å². The minimum Gasteiger partial charge on any atom is -0.468 e. The monoisotopic (exact) mass is 278 g/mol. The van der Waals surface area contributed by atoms with Gasteiger partial charge >= 0.3 is 5.97 Å². The van der Waals surface area contributed by atoms with Crippen molar-refractivity contribution < 1.29 is 19.1 Å². The third kappa shape index (κ3) is 9.26. The van der Waals surface area contributed by atoms with Gasteiger partial charge in [-0.1, -0.05) is 0 Å². The first kappa shape index (κ1) is 17.2. The van der Waals surface area contributed by atoms with Crippen LogP contribution in [-0.2, 0) is 19.1 Å². The number of ether oxygens (including phenoxy) is 2. The topological polar surface area (TPSA) is 90.6 Å². The standard InChI is InChI=1S/C11H22N2O4S/c1-16-6-3-5-13-10(14)8-18-7-4-9(12)11(15)17-2/h9H,3-8,12H2,1-2H3,(H,13,14). The van der Waals surface area contributed by atoms with Gasteiger partial charge in [0.1, 0.15) is 6.04 Å². The molecular formula is C11H22N2O4S. The van der Waals surface area contributed by atoms with Crippen molar-refractivity contribution in [2.45, 2.75) is 18.9 Å². The number of nitrogens with one attached hydrogen (secondary N) is 1. The van der Waals surface area contributed by atoms with E-state index in [4.69, 9.17) is 10.5 Å². The molecule has 0 aromatic heterocycles. The number of thioether (sulfide) groups is 1. The zero-order valence-corrected chi connectivity index (χ0v) is 11.8. The number of hydrogen-bond acceptors (Lipinski definition) is 6. The molecule has 0 fully saturated rings. The van der Waals surface area contributed by atoms with E-state index in [1.165, 1.54) is 18.9 Å². The van der Waals surface area contributed by atoms with Crippen LogP contribution in [0.4, 0.5) is 0 Å². The highest BCUT2D eigenvalue weighted by molar-refractivity contribution is 7.99. The average Bonchev–Trinajstić information content (AvgIpc) is 2.38. The van der Waals surface area contributed by atoms with Crippen LogP contribution in [-0.4, -0.2) is 56.8 Å². The Balaban J connectivity index is 3.42. The van der Waals surface area contributed by atoms with Crippen molar-refractivity contribution in [2.75, 3.05) is 38.9 Å². The molecule has 1 atom stereocenters. The fourth-order valence-corrected chi connectivity index (χ4v) is 1.99. The number of rotatable bonds is 10. The van der Waals surface area contributed by atoms with Crippen LogP contribution < -0.4 is 11.1 Å². The summed E-state index contributed by atoms with van der Waals surface area (Å²) in [7, 11) is 2.94. The van der Waals surface area contributed by atoms with Crippen molar-refractivity contribution in [3.8, 4) is 0 Å². The second-order valence-corrected chi connectivity index (χ2v) is 4.77. The summed E-state index contributed by atoms with van der Waals surface area (Å²) in [6, 6.07) is -0.604. The molecule has 1 amide bonds. The molecule has 3 N–H and O–H groups in total. The number of nitrogens with two attached hydrogens (primary N) is 1. The van der Waals surface area contributed by atoms with Crippen molar-refractivity contribution in [3.05, 3.63) is 0 Å². The number of carbonyl (C=O) groups is 2. The van der Waals surface area contributed by atoms with E-state index in [1.54, 1.807) is 7.11 Å². The van der Waals surface area contributed by atoms with Gasteiger partial charge in [-0.2, -0.15) is 11.8 Å². The number of carbonyl (C=O) groups excluding carboxylic acids is 2. The Morgan fingerprint density at radius 2 is 2.11 bits per heavy atom. The summed E-state index contributed by atoms with van der Waals surface area (Å²) < 4.78 is 9.37. The second kappa shape index (κ2) is 11.3. The molecule has 0 spiro atoms. The van der Waals surface area contributed by atoms with E-state index < -0.39 is 12.0 Å². The second-order valence-electron chi connectivity index (χ2n) is 3.67. The smallest absolute Gasteiger partial charge is 0.322 e. The molecule has 6 nitrogen and oxygen atoms in total. The molecule has 0 aromatic rings. The molecule has 106 valence electrons. The van der Waals surface area contributed by atoms with Crippen molar-refractivity contribution in [1.29, 1.82) is 0 Å². The maximum atomic E-state index is 11.3. The first-order valence-electron chi connectivity index (χ1n) is 5.78. The van der Waals surface area contributed by atoms with Crippen LogP contribution >= 0.6 is 11.8 Å². The molecule has 0 saturated carbocycles. The number of hydrogen-bond donors (Lipinski definition) is 2. The van der Waals surface area contributed by atoms with Crippen LogP contribution in [0.1, 0.15) is 12.8 Å². The molecule has 7 heteroatoms. The molecule has 1 unspecified atom stereocenters. The number of esters is 1. The molecule has 0 rings (SSSR count). The summed E-state index contributed by atoms with van der Waals surface area (Å²) in [4.78, 5) is 22.3. The Kier molecular flexibility index (Phi) is 10.8. The lowest BCUT2D eigenvalue weighted by atomic mass is 10.2. The number of amides is 1. The molecule has 18 heavy (non-hydrogen) atoms. The highest BCUT2D eigenvalue weighted by Gasteiger charge is 2.13. The normalized spacial score (nSPS) is 11.9. The van der Waals surface area contributed by atoms with E-state index in [0.717, 1.165) is 6.42 Å². The lowest BCUT2D eigenvalue weighted by molar-refractivity contribution is -0.142. The van der Waals surface area contributed by atoms with Gasteiger partial charge < -0.3 is 20.5 Å². The van der Waals surface area contributed by atoms with Crippen molar-refractivity contribution >= 4 is 23.6 Å². The lowest BCUT2D eigenvalue weighted by Gasteiger charge is -2.08. The van der Waals surface area contributed by atoms with Gasteiger partial charge in [-0.25, -0.2) is 0 Å². The first-order chi connectivity index (χ1) is 8.61. The van der Waals surface area contributed by atoms with Gasteiger partial charge in [0, 0.05) is 20.3 Å². The Morgan fingerprint density at radius 3 is 2.72 bits per heavy atom. The van der Waals surface area contributed by atoms with Crippen LogP contribution in [0.5, 0.6) is 0 Å². The summed E-state index contributed by atoms with van der Waals surface area (Å²) in [6.45, 7) is 1.26. The summed E-state index contributed by atoms with van der Waals surface area (Å²) >= 11 is 1.45. The van der Waals surface area contributed by atoms with Gasteiger partial charge in [0.15, 0.2) is 0 Å². The first-order valence-corrected chi connectivity index (χ1v) is 6.94. The van der Waals surface area contributed by atoms with Gasteiger partial charge in [-0.3, -0.25) is 9.59 Å².